The maximum absolute atomic E-state index is 13.4. The number of aromatic amines is 1. The van der Waals surface area contributed by atoms with E-state index >= 15 is 0 Å². The standard InChI is InChI=1S/C34H31N3O7/c1-5-43-24-15-16-26-25(19-24)30(21-11-7-6-8-12-21)31(36-26)33(38)37-35-20-22-13-9-10-14-27(22)44-34(39)23-17-28(40-2)32(42-4)29(18-23)41-3/h6-20,36H,5H2,1-4H3,(H,37,38). The van der Waals surface area contributed by atoms with Crippen LogP contribution >= 0.6 is 0 Å². The fraction of sp³-hybridized carbons (Fsp3) is 0.147. The number of fused-ring (bicyclic) bond motifs is 1. The Morgan fingerprint density at radius 1 is 0.841 bits per heavy atom. The molecule has 0 unspecified atom stereocenters. The highest BCUT2D eigenvalue weighted by atomic mass is 16.5. The molecule has 1 heterocycles. The lowest BCUT2D eigenvalue weighted by molar-refractivity contribution is 0.0733. The first-order chi connectivity index (χ1) is 21.5. The van der Waals surface area contributed by atoms with Gasteiger partial charge in [0.05, 0.1) is 39.7 Å². The van der Waals surface area contributed by atoms with Gasteiger partial charge in [-0.15, -0.1) is 0 Å². The highest BCUT2D eigenvalue weighted by Crippen LogP contribution is 2.38. The minimum absolute atomic E-state index is 0.194. The van der Waals surface area contributed by atoms with Gasteiger partial charge in [-0.25, -0.2) is 10.2 Å². The van der Waals surface area contributed by atoms with Crippen molar-refractivity contribution in [1.29, 1.82) is 0 Å². The number of nitrogens with one attached hydrogen (secondary N) is 2. The number of carbonyl (C=O) groups is 2. The molecular formula is C34H31N3O7. The maximum Gasteiger partial charge on any atom is 0.343 e. The molecule has 1 amide bonds. The highest BCUT2D eigenvalue weighted by molar-refractivity contribution is 6.10. The topological polar surface area (TPSA) is 120 Å². The first kappa shape index (κ1) is 29.7. The molecule has 0 fully saturated rings. The van der Waals surface area contributed by atoms with Gasteiger partial charge in [-0.1, -0.05) is 42.5 Å². The average Bonchev–Trinajstić information content (AvgIpc) is 3.44. The zero-order valence-corrected chi connectivity index (χ0v) is 24.7. The van der Waals surface area contributed by atoms with Crippen LogP contribution in [0.3, 0.4) is 0 Å². The van der Waals surface area contributed by atoms with Crippen molar-refractivity contribution < 1.29 is 33.3 Å². The molecule has 0 saturated carbocycles. The third kappa shape index (κ3) is 6.19. The summed E-state index contributed by atoms with van der Waals surface area (Å²) >= 11 is 0. The van der Waals surface area contributed by atoms with Gasteiger partial charge in [-0.05, 0) is 55.0 Å². The molecule has 224 valence electrons. The molecular weight excluding hydrogens is 562 g/mol. The van der Waals surface area contributed by atoms with E-state index in [1.54, 1.807) is 24.3 Å². The van der Waals surface area contributed by atoms with Crippen molar-refractivity contribution in [3.63, 3.8) is 0 Å². The molecule has 2 N–H and O–H groups in total. The number of H-pyrrole nitrogens is 1. The summed E-state index contributed by atoms with van der Waals surface area (Å²) in [6.45, 7) is 2.45. The van der Waals surface area contributed by atoms with Crippen LogP contribution in [0.15, 0.2) is 90.0 Å². The van der Waals surface area contributed by atoms with Gasteiger partial charge in [0.2, 0.25) is 5.75 Å². The van der Waals surface area contributed by atoms with Crippen LogP contribution < -0.4 is 29.1 Å². The van der Waals surface area contributed by atoms with Crippen molar-refractivity contribution in [3.05, 3.63) is 102 Å². The molecule has 5 aromatic rings. The molecule has 0 radical (unpaired) electrons. The summed E-state index contributed by atoms with van der Waals surface area (Å²) in [4.78, 5) is 29.7. The van der Waals surface area contributed by atoms with Crippen LogP contribution in [0.25, 0.3) is 22.0 Å². The van der Waals surface area contributed by atoms with E-state index < -0.39 is 11.9 Å². The van der Waals surface area contributed by atoms with Gasteiger partial charge >= 0.3 is 5.97 Å². The smallest absolute Gasteiger partial charge is 0.343 e. The lowest BCUT2D eigenvalue weighted by Crippen LogP contribution is -2.19. The van der Waals surface area contributed by atoms with Crippen LogP contribution in [0.1, 0.15) is 33.3 Å². The van der Waals surface area contributed by atoms with E-state index in [2.05, 4.69) is 15.5 Å². The first-order valence-corrected chi connectivity index (χ1v) is 13.8. The molecule has 0 aliphatic heterocycles. The summed E-state index contributed by atoms with van der Waals surface area (Å²) in [5.41, 5.74) is 5.98. The van der Waals surface area contributed by atoms with E-state index in [4.69, 9.17) is 23.7 Å². The molecule has 10 nitrogen and oxygen atoms in total. The number of rotatable bonds is 11. The average molecular weight is 594 g/mol. The van der Waals surface area contributed by atoms with Gasteiger partial charge in [0.25, 0.3) is 5.91 Å². The molecule has 0 atom stereocenters. The zero-order valence-electron chi connectivity index (χ0n) is 24.7. The summed E-state index contributed by atoms with van der Waals surface area (Å²) in [5.74, 6) is 0.846. The van der Waals surface area contributed by atoms with Gasteiger partial charge in [-0.2, -0.15) is 5.10 Å². The second-order valence-electron chi connectivity index (χ2n) is 9.42. The molecule has 4 aromatic carbocycles. The lowest BCUT2D eigenvalue weighted by Gasteiger charge is -2.14. The third-order valence-electron chi connectivity index (χ3n) is 6.76. The first-order valence-electron chi connectivity index (χ1n) is 13.8. The number of hydrogen-bond donors (Lipinski definition) is 2. The Morgan fingerprint density at radius 2 is 1.55 bits per heavy atom. The van der Waals surface area contributed by atoms with Crippen LogP contribution in [0.4, 0.5) is 0 Å². The number of carbonyl (C=O) groups excluding carboxylic acids is 2. The van der Waals surface area contributed by atoms with Crippen molar-refractivity contribution in [2.75, 3.05) is 27.9 Å². The summed E-state index contributed by atoms with van der Waals surface area (Å²) in [6.07, 6.45) is 1.41. The Labute approximate surface area is 254 Å². The van der Waals surface area contributed by atoms with Crippen LogP contribution in [-0.2, 0) is 0 Å². The van der Waals surface area contributed by atoms with E-state index in [1.807, 2.05) is 55.5 Å². The summed E-state index contributed by atoms with van der Waals surface area (Å²) in [5, 5.41) is 5.02. The zero-order chi connectivity index (χ0) is 31.1. The number of ether oxygens (including phenoxy) is 5. The number of para-hydroxylation sites is 1. The Bertz CT molecular complexity index is 1810. The van der Waals surface area contributed by atoms with Crippen molar-refractivity contribution in [2.45, 2.75) is 6.92 Å². The number of hydrazone groups is 1. The number of hydrogen-bond acceptors (Lipinski definition) is 8. The molecule has 0 saturated heterocycles. The van der Waals surface area contributed by atoms with E-state index in [1.165, 1.54) is 39.7 Å². The summed E-state index contributed by atoms with van der Waals surface area (Å²) < 4.78 is 27.4. The van der Waals surface area contributed by atoms with Crippen LogP contribution in [0.2, 0.25) is 0 Å². The summed E-state index contributed by atoms with van der Waals surface area (Å²) in [6, 6.07) is 25.1. The van der Waals surface area contributed by atoms with Crippen LogP contribution in [0, 0.1) is 0 Å². The minimum atomic E-state index is -0.647. The Balaban J connectivity index is 1.39. The van der Waals surface area contributed by atoms with Crippen molar-refractivity contribution >= 4 is 29.0 Å². The van der Waals surface area contributed by atoms with E-state index in [-0.39, 0.29) is 11.3 Å². The van der Waals surface area contributed by atoms with Crippen LogP contribution in [-0.4, -0.2) is 51.0 Å². The fourth-order valence-electron chi connectivity index (χ4n) is 4.76. The van der Waals surface area contributed by atoms with E-state index in [0.717, 1.165) is 22.0 Å². The minimum Gasteiger partial charge on any atom is -0.494 e. The SMILES string of the molecule is CCOc1ccc2[nH]c(C(=O)NN=Cc3ccccc3OC(=O)c3cc(OC)c(OC)c(OC)c3)c(-c3ccccc3)c2c1. The second kappa shape index (κ2) is 13.5. The molecule has 10 heteroatoms. The van der Waals surface area contributed by atoms with Crippen molar-refractivity contribution in [2.24, 2.45) is 5.10 Å². The van der Waals surface area contributed by atoms with Gasteiger partial charge in [-0.3, -0.25) is 4.79 Å². The predicted molar refractivity (Wildman–Crippen MR) is 167 cm³/mol. The van der Waals surface area contributed by atoms with Gasteiger partial charge in [0, 0.05) is 22.0 Å². The highest BCUT2D eigenvalue weighted by Gasteiger charge is 2.21. The molecule has 0 bridgehead atoms. The van der Waals surface area contributed by atoms with Crippen LogP contribution in [0.5, 0.6) is 28.7 Å². The third-order valence-corrected chi connectivity index (χ3v) is 6.76. The number of esters is 1. The normalized spacial score (nSPS) is 10.9. The number of aromatic nitrogens is 1. The van der Waals surface area contributed by atoms with Crippen molar-refractivity contribution in [1.82, 2.24) is 10.4 Å². The van der Waals surface area contributed by atoms with Crippen molar-refractivity contribution in [3.8, 4) is 39.9 Å². The molecule has 0 aliphatic carbocycles. The Morgan fingerprint density at radius 3 is 2.23 bits per heavy atom. The largest absolute Gasteiger partial charge is 0.494 e. The maximum atomic E-state index is 13.4. The van der Waals surface area contributed by atoms with Gasteiger partial charge in [0.15, 0.2) is 11.5 Å². The monoisotopic (exact) mass is 593 g/mol. The molecule has 44 heavy (non-hydrogen) atoms. The number of amides is 1. The molecule has 0 aliphatic rings. The Kier molecular flexibility index (Phi) is 9.10. The molecule has 0 spiro atoms. The Hall–Kier alpha value is -5.77. The fourth-order valence-corrected chi connectivity index (χ4v) is 4.76. The van der Waals surface area contributed by atoms with Gasteiger partial charge in [0.1, 0.15) is 17.2 Å². The van der Waals surface area contributed by atoms with Gasteiger partial charge < -0.3 is 28.7 Å². The second-order valence-corrected chi connectivity index (χ2v) is 9.42. The van der Waals surface area contributed by atoms with E-state index in [0.29, 0.717) is 40.9 Å². The number of benzene rings is 4. The summed E-state index contributed by atoms with van der Waals surface area (Å²) in [7, 11) is 4.40. The number of nitrogens with zero attached hydrogens (tertiary/aromatic N) is 1. The molecule has 1 aromatic heterocycles. The predicted octanol–water partition coefficient (Wildman–Crippen LogP) is 6.24. The lowest BCUT2D eigenvalue weighted by atomic mass is 10.0. The quantitative estimate of drug-likeness (QED) is 0.0805. The molecule has 5 rings (SSSR count). The number of methoxy groups -OCH3 is 3. The van der Waals surface area contributed by atoms with E-state index in [9.17, 15) is 9.59 Å².